The van der Waals surface area contributed by atoms with E-state index in [1.54, 1.807) is 12.1 Å². The Labute approximate surface area is 171 Å². The maximum Gasteiger partial charge on any atom is 0.254 e. The topological polar surface area (TPSA) is 57.7 Å². The van der Waals surface area contributed by atoms with Crippen molar-refractivity contribution in [3.05, 3.63) is 64.2 Å². The van der Waals surface area contributed by atoms with Gasteiger partial charge in [0.15, 0.2) is 0 Å². The Kier molecular flexibility index (Phi) is 4.88. The molecule has 0 aromatic heterocycles. The number of carbonyl (C=O) groups excluding carboxylic acids is 1. The molecule has 2 aliphatic rings. The molecule has 2 unspecified atom stereocenters. The van der Waals surface area contributed by atoms with Crippen LogP contribution in [0.5, 0.6) is 0 Å². The second-order valence-electron chi connectivity index (χ2n) is 7.66. The molecule has 2 heterocycles. The molecule has 2 atom stereocenters. The highest BCUT2D eigenvalue weighted by Crippen LogP contribution is 2.37. The largest absolute Gasteiger partial charge is 0.332 e. The van der Waals surface area contributed by atoms with Gasteiger partial charge in [0.1, 0.15) is 0 Å². The highest BCUT2D eigenvalue weighted by Gasteiger charge is 2.35. The second kappa shape index (κ2) is 7.08. The summed E-state index contributed by atoms with van der Waals surface area (Å²) in [6.45, 7) is 2.61. The summed E-state index contributed by atoms with van der Waals surface area (Å²) < 4.78 is 25.6. The smallest absolute Gasteiger partial charge is 0.254 e. The lowest BCUT2D eigenvalue weighted by atomic mass is 10.0. The van der Waals surface area contributed by atoms with E-state index in [0.29, 0.717) is 22.7 Å². The van der Waals surface area contributed by atoms with Gasteiger partial charge in [-0.3, -0.25) is 9.10 Å². The van der Waals surface area contributed by atoms with Crippen LogP contribution in [0.25, 0.3) is 0 Å². The van der Waals surface area contributed by atoms with Gasteiger partial charge in [-0.1, -0.05) is 23.7 Å². The van der Waals surface area contributed by atoms with Crippen LogP contribution < -0.4 is 4.31 Å². The van der Waals surface area contributed by atoms with E-state index in [4.69, 9.17) is 11.6 Å². The highest BCUT2D eigenvalue weighted by atomic mass is 35.5. The summed E-state index contributed by atoms with van der Waals surface area (Å²) in [5.41, 5.74) is 3.30. The number of anilines is 1. The number of halogens is 1. The Balaban J connectivity index is 1.62. The normalized spacial score (nSPS) is 21.8. The van der Waals surface area contributed by atoms with Crippen LogP contribution in [-0.2, 0) is 16.4 Å². The fourth-order valence-electron chi connectivity index (χ4n) is 4.45. The van der Waals surface area contributed by atoms with Crippen molar-refractivity contribution in [2.45, 2.75) is 38.3 Å². The minimum atomic E-state index is -3.34. The average Bonchev–Trinajstić information content (AvgIpc) is 3.24. The van der Waals surface area contributed by atoms with Crippen molar-refractivity contribution in [2.75, 3.05) is 17.1 Å². The van der Waals surface area contributed by atoms with Crippen molar-refractivity contribution >= 4 is 33.2 Å². The van der Waals surface area contributed by atoms with E-state index >= 15 is 0 Å². The third-order valence-electron chi connectivity index (χ3n) is 5.61. The zero-order valence-corrected chi connectivity index (χ0v) is 17.5. The Morgan fingerprint density at radius 3 is 2.54 bits per heavy atom. The quantitative estimate of drug-likeness (QED) is 0.756. The number of amides is 1. The van der Waals surface area contributed by atoms with Gasteiger partial charge in [-0.15, -0.1) is 0 Å². The first-order chi connectivity index (χ1) is 13.3. The number of rotatable bonds is 3. The van der Waals surface area contributed by atoms with Crippen LogP contribution >= 0.6 is 11.6 Å². The van der Waals surface area contributed by atoms with Crippen LogP contribution in [0.15, 0.2) is 42.5 Å². The molecule has 7 heteroatoms. The number of hydrogen-bond donors (Lipinski definition) is 0. The lowest BCUT2D eigenvalue weighted by molar-refractivity contribution is 0.0735. The molecular weight excluding hydrogens is 396 g/mol. The molecule has 1 amide bonds. The van der Waals surface area contributed by atoms with E-state index < -0.39 is 10.0 Å². The zero-order valence-electron chi connectivity index (χ0n) is 15.9. The molecule has 0 aliphatic carbocycles. The van der Waals surface area contributed by atoms with Gasteiger partial charge in [0.25, 0.3) is 5.91 Å². The molecule has 148 valence electrons. The minimum absolute atomic E-state index is 0.00860. The Morgan fingerprint density at radius 1 is 1.14 bits per heavy atom. The summed E-state index contributed by atoms with van der Waals surface area (Å²) in [6.07, 6.45) is 3.73. The number of hydrogen-bond acceptors (Lipinski definition) is 3. The first-order valence-corrected chi connectivity index (χ1v) is 11.7. The fourth-order valence-corrected chi connectivity index (χ4v) is 5.84. The van der Waals surface area contributed by atoms with Gasteiger partial charge in [-0.25, -0.2) is 8.42 Å². The van der Waals surface area contributed by atoms with Crippen LogP contribution in [0.2, 0.25) is 5.02 Å². The predicted molar refractivity (Wildman–Crippen MR) is 111 cm³/mol. The van der Waals surface area contributed by atoms with E-state index in [1.165, 1.54) is 10.6 Å². The molecule has 5 nitrogen and oxygen atoms in total. The zero-order chi connectivity index (χ0) is 20.1. The van der Waals surface area contributed by atoms with Crippen LogP contribution in [0, 0.1) is 0 Å². The number of likely N-dealkylation sites (tertiary alicyclic amines) is 1. The number of benzene rings is 2. The van der Waals surface area contributed by atoms with E-state index in [-0.39, 0.29) is 18.0 Å². The van der Waals surface area contributed by atoms with Gasteiger partial charge in [0.05, 0.1) is 18.0 Å². The Bertz CT molecular complexity index is 1020. The summed E-state index contributed by atoms with van der Waals surface area (Å²) in [6, 6.07) is 12.9. The van der Waals surface area contributed by atoms with Gasteiger partial charge in [-0.2, -0.15) is 0 Å². The SMILES string of the molecule is CC1Cc2cc(C(=O)N3CCCC3c3ccc(Cl)cc3)ccc2N1S(C)(=O)=O. The van der Waals surface area contributed by atoms with Crippen molar-refractivity contribution in [3.63, 3.8) is 0 Å². The lowest BCUT2D eigenvalue weighted by Gasteiger charge is -2.26. The van der Waals surface area contributed by atoms with E-state index in [2.05, 4.69) is 0 Å². The standard InChI is InChI=1S/C21H23ClN2O3S/c1-14-12-17-13-16(7-10-20(17)24(14)28(2,26)27)21(25)23-11-3-4-19(23)15-5-8-18(22)9-6-15/h5-10,13-14,19H,3-4,11-12H2,1-2H3. The molecule has 2 aromatic carbocycles. The average molecular weight is 419 g/mol. The maximum absolute atomic E-state index is 13.2. The molecule has 2 aliphatic heterocycles. The van der Waals surface area contributed by atoms with Gasteiger partial charge >= 0.3 is 0 Å². The second-order valence-corrected chi connectivity index (χ2v) is 9.96. The van der Waals surface area contributed by atoms with Gasteiger partial charge in [0.2, 0.25) is 10.0 Å². The molecule has 0 spiro atoms. The fraction of sp³-hybridized carbons (Fsp3) is 0.381. The van der Waals surface area contributed by atoms with Crippen LogP contribution in [-0.4, -0.2) is 38.1 Å². The molecule has 0 N–H and O–H groups in total. The van der Waals surface area contributed by atoms with Crippen molar-refractivity contribution < 1.29 is 13.2 Å². The van der Waals surface area contributed by atoms with Gasteiger partial charge < -0.3 is 4.90 Å². The third-order valence-corrected chi connectivity index (χ3v) is 7.13. The van der Waals surface area contributed by atoms with Crippen LogP contribution in [0.1, 0.15) is 47.3 Å². The van der Waals surface area contributed by atoms with Crippen molar-refractivity contribution in [3.8, 4) is 0 Å². The van der Waals surface area contributed by atoms with E-state index in [0.717, 1.165) is 30.5 Å². The summed E-state index contributed by atoms with van der Waals surface area (Å²) >= 11 is 6.00. The number of nitrogens with zero attached hydrogens (tertiary/aromatic N) is 2. The summed E-state index contributed by atoms with van der Waals surface area (Å²) in [5, 5.41) is 0.683. The summed E-state index contributed by atoms with van der Waals surface area (Å²) in [5.74, 6) is -0.00860. The van der Waals surface area contributed by atoms with Gasteiger partial charge in [0, 0.05) is 23.2 Å². The third kappa shape index (κ3) is 3.40. The summed E-state index contributed by atoms with van der Waals surface area (Å²) in [7, 11) is -3.34. The predicted octanol–water partition coefficient (Wildman–Crippen LogP) is 4.03. The molecule has 0 bridgehead atoms. The van der Waals surface area contributed by atoms with Crippen molar-refractivity contribution in [1.29, 1.82) is 0 Å². The molecule has 0 saturated carbocycles. The monoisotopic (exact) mass is 418 g/mol. The number of sulfonamides is 1. The van der Waals surface area contributed by atoms with E-state index in [1.807, 2.05) is 42.2 Å². The van der Waals surface area contributed by atoms with Crippen LogP contribution in [0.4, 0.5) is 5.69 Å². The van der Waals surface area contributed by atoms with Gasteiger partial charge in [-0.05, 0) is 67.6 Å². The molecule has 28 heavy (non-hydrogen) atoms. The maximum atomic E-state index is 13.2. The molecule has 2 aromatic rings. The van der Waals surface area contributed by atoms with Crippen LogP contribution in [0.3, 0.4) is 0 Å². The molecule has 0 radical (unpaired) electrons. The van der Waals surface area contributed by atoms with Crippen molar-refractivity contribution in [2.24, 2.45) is 0 Å². The summed E-state index contributed by atoms with van der Waals surface area (Å²) in [4.78, 5) is 15.1. The highest BCUT2D eigenvalue weighted by molar-refractivity contribution is 7.92. The molecular formula is C21H23ClN2O3S. The number of carbonyl (C=O) groups is 1. The first kappa shape index (κ1) is 19.3. The lowest BCUT2D eigenvalue weighted by Crippen LogP contribution is -2.34. The Hall–Kier alpha value is -2.05. The molecule has 4 rings (SSSR count). The van der Waals surface area contributed by atoms with E-state index in [9.17, 15) is 13.2 Å². The minimum Gasteiger partial charge on any atom is -0.332 e. The molecule has 1 fully saturated rings. The molecule has 1 saturated heterocycles. The Morgan fingerprint density at radius 2 is 1.86 bits per heavy atom. The van der Waals surface area contributed by atoms with Crippen molar-refractivity contribution in [1.82, 2.24) is 4.90 Å². The number of fused-ring (bicyclic) bond motifs is 1. The first-order valence-electron chi connectivity index (χ1n) is 9.44.